The third-order valence-electron chi connectivity index (χ3n) is 3.72. The van der Waals surface area contributed by atoms with E-state index in [9.17, 15) is 9.18 Å². The molecule has 0 saturated carbocycles. The first-order chi connectivity index (χ1) is 12.5. The van der Waals surface area contributed by atoms with Gasteiger partial charge in [0.2, 0.25) is 0 Å². The van der Waals surface area contributed by atoms with Crippen molar-refractivity contribution in [2.75, 3.05) is 5.32 Å². The van der Waals surface area contributed by atoms with Crippen LogP contribution in [0.15, 0.2) is 54.9 Å². The van der Waals surface area contributed by atoms with Crippen molar-refractivity contribution in [2.24, 2.45) is 0 Å². The highest BCUT2D eigenvalue weighted by atomic mass is 35.5. The number of rotatable bonds is 5. The summed E-state index contributed by atoms with van der Waals surface area (Å²) in [6.07, 6.45) is 1.32. The van der Waals surface area contributed by atoms with E-state index in [1.165, 1.54) is 18.5 Å². The lowest BCUT2D eigenvalue weighted by Gasteiger charge is -2.10. The van der Waals surface area contributed by atoms with Crippen molar-refractivity contribution in [3.8, 4) is 0 Å². The van der Waals surface area contributed by atoms with Crippen molar-refractivity contribution in [1.82, 2.24) is 15.3 Å². The van der Waals surface area contributed by atoms with Crippen LogP contribution in [-0.4, -0.2) is 15.9 Å². The molecule has 2 N–H and O–H groups in total. The van der Waals surface area contributed by atoms with Crippen molar-refractivity contribution in [2.45, 2.75) is 13.5 Å². The van der Waals surface area contributed by atoms with Crippen molar-refractivity contribution >= 4 is 29.0 Å². The molecule has 1 aromatic heterocycles. The highest BCUT2D eigenvalue weighted by Gasteiger charge is 2.09. The number of aromatic nitrogens is 2. The van der Waals surface area contributed by atoms with Crippen LogP contribution < -0.4 is 10.6 Å². The number of benzene rings is 2. The van der Waals surface area contributed by atoms with Gasteiger partial charge in [0.05, 0.1) is 0 Å². The minimum Gasteiger partial charge on any atom is -0.347 e. The van der Waals surface area contributed by atoms with E-state index in [1.54, 1.807) is 24.3 Å². The molecule has 0 radical (unpaired) electrons. The maximum atomic E-state index is 12.9. The Bertz CT molecular complexity index is 931. The molecule has 7 heteroatoms. The summed E-state index contributed by atoms with van der Waals surface area (Å²) in [7, 11) is 0. The van der Waals surface area contributed by atoms with E-state index in [0.717, 1.165) is 16.8 Å². The van der Waals surface area contributed by atoms with Crippen molar-refractivity contribution < 1.29 is 9.18 Å². The van der Waals surface area contributed by atoms with Crippen LogP contribution in [0.4, 0.5) is 15.9 Å². The minimum absolute atomic E-state index is 0.233. The van der Waals surface area contributed by atoms with E-state index >= 15 is 0 Å². The summed E-state index contributed by atoms with van der Waals surface area (Å²) in [5.74, 6) is -0.158. The van der Waals surface area contributed by atoms with E-state index in [4.69, 9.17) is 11.6 Å². The first-order valence-corrected chi connectivity index (χ1v) is 8.27. The van der Waals surface area contributed by atoms with E-state index in [0.29, 0.717) is 10.8 Å². The van der Waals surface area contributed by atoms with Gasteiger partial charge in [0.15, 0.2) is 0 Å². The molecule has 3 aromatic rings. The quantitative estimate of drug-likeness (QED) is 0.704. The first-order valence-electron chi connectivity index (χ1n) is 7.89. The fourth-order valence-electron chi connectivity index (χ4n) is 2.33. The number of hydrogen-bond acceptors (Lipinski definition) is 4. The van der Waals surface area contributed by atoms with Crippen LogP contribution in [-0.2, 0) is 6.54 Å². The van der Waals surface area contributed by atoms with Gasteiger partial charge >= 0.3 is 0 Å². The standard InChI is InChI=1S/C19H16ClFN4O/c1-12-8-14(20)4-7-16(12)25-18-9-17(23-11-24-18)19(26)22-10-13-2-5-15(21)6-3-13/h2-9,11H,10H2,1H3,(H,22,26)(H,23,24,25). The Morgan fingerprint density at radius 2 is 1.88 bits per heavy atom. The Kier molecular flexibility index (Phi) is 5.43. The summed E-state index contributed by atoms with van der Waals surface area (Å²) in [6.45, 7) is 2.20. The fourth-order valence-corrected chi connectivity index (χ4v) is 2.56. The SMILES string of the molecule is Cc1cc(Cl)ccc1Nc1cc(C(=O)NCc2ccc(F)cc2)ncn1. The fraction of sp³-hybridized carbons (Fsp3) is 0.105. The normalized spacial score (nSPS) is 10.4. The number of halogens is 2. The number of nitrogens with one attached hydrogen (secondary N) is 2. The van der Waals surface area contributed by atoms with Gasteiger partial charge < -0.3 is 10.6 Å². The number of aryl methyl sites for hydroxylation is 1. The Morgan fingerprint density at radius 3 is 2.62 bits per heavy atom. The predicted molar refractivity (Wildman–Crippen MR) is 99.1 cm³/mol. The van der Waals surface area contributed by atoms with Gasteiger partial charge in [-0.1, -0.05) is 23.7 Å². The molecule has 1 amide bonds. The van der Waals surface area contributed by atoms with Gasteiger partial charge in [-0.15, -0.1) is 0 Å². The number of nitrogens with zero attached hydrogens (tertiary/aromatic N) is 2. The average molecular weight is 371 g/mol. The molecule has 0 aliphatic heterocycles. The largest absolute Gasteiger partial charge is 0.347 e. The third kappa shape index (κ3) is 4.55. The van der Waals surface area contributed by atoms with Crippen LogP contribution in [0.5, 0.6) is 0 Å². The van der Waals surface area contributed by atoms with Crippen molar-refractivity contribution in [3.63, 3.8) is 0 Å². The van der Waals surface area contributed by atoms with Gasteiger partial charge in [0.25, 0.3) is 5.91 Å². The van der Waals surface area contributed by atoms with E-state index in [2.05, 4.69) is 20.6 Å². The molecular weight excluding hydrogens is 355 g/mol. The monoisotopic (exact) mass is 370 g/mol. The molecule has 26 heavy (non-hydrogen) atoms. The molecule has 132 valence electrons. The number of hydrogen-bond donors (Lipinski definition) is 2. The Balaban J connectivity index is 1.68. The zero-order valence-electron chi connectivity index (χ0n) is 14.0. The lowest BCUT2D eigenvalue weighted by atomic mass is 10.2. The van der Waals surface area contributed by atoms with Crippen LogP contribution >= 0.6 is 11.6 Å². The minimum atomic E-state index is -0.340. The Hall–Kier alpha value is -2.99. The molecule has 0 fully saturated rings. The molecule has 2 aromatic carbocycles. The Morgan fingerprint density at radius 1 is 1.12 bits per heavy atom. The summed E-state index contributed by atoms with van der Waals surface area (Å²) in [6, 6.07) is 12.9. The van der Waals surface area contributed by atoms with Crippen molar-refractivity contribution in [1.29, 1.82) is 0 Å². The van der Waals surface area contributed by atoms with E-state index in [-0.39, 0.29) is 24.0 Å². The highest BCUT2D eigenvalue weighted by Crippen LogP contribution is 2.22. The van der Waals surface area contributed by atoms with E-state index in [1.807, 2.05) is 19.1 Å². The topological polar surface area (TPSA) is 66.9 Å². The third-order valence-corrected chi connectivity index (χ3v) is 3.95. The predicted octanol–water partition coefficient (Wildman–Crippen LogP) is 4.25. The van der Waals surface area contributed by atoms with E-state index < -0.39 is 0 Å². The molecule has 0 saturated heterocycles. The summed E-state index contributed by atoms with van der Waals surface area (Å²) < 4.78 is 12.9. The lowest BCUT2D eigenvalue weighted by Crippen LogP contribution is -2.24. The van der Waals surface area contributed by atoms with Gasteiger partial charge in [-0.25, -0.2) is 14.4 Å². The molecule has 3 rings (SSSR count). The average Bonchev–Trinajstić information content (AvgIpc) is 2.63. The Labute approximate surface area is 155 Å². The lowest BCUT2D eigenvalue weighted by molar-refractivity contribution is 0.0946. The molecule has 0 bridgehead atoms. The van der Waals surface area contributed by atoms with Gasteiger partial charge in [-0.3, -0.25) is 4.79 Å². The van der Waals surface area contributed by atoms with Crippen LogP contribution in [0.25, 0.3) is 0 Å². The molecule has 5 nitrogen and oxygen atoms in total. The van der Waals surface area contributed by atoms with Crippen LogP contribution in [0.2, 0.25) is 5.02 Å². The number of anilines is 2. The maximum Gasteiger partial charge on any atom is 0.270 e. The van der Waals surface area contributed by atoms with Gasteiger partial charge in [-0.2, -0.15) is 0 Å². The number of carbonyl (C=O) groups excluding carboxylic acids is 1. The summed E-state index contributed by atoms with van der Waals surface area (Å²) in [5, 5.41) is 6.54. The van der Waals surface area contributed by atoms with Crippen LogP contribution in [0, 0.1) is 12.7 Å². The van der Waals surface area contributed by atoms with Gasteiger partial charge in [-0.05, 0) is 48.4 Å². The van der Waals surface area contributed by atoms with Gasteiger partial charge in [0.1, 0.15) is 23.7 Å². The first kappa shape index (κ1) is 17.8. The molecule has 0 aliphatic rings. The zero-order valence-corrected chi connectivity index (χ0v) is 14.7. The summed E-state index contributed by atoms with van der Waals surface area (Å²) in [4.78, 5) is 20.4. The molecule has 0 unspecified atom stereocenters. The summed E-state index contributed by atoms with van der Waals surface area (Å²) in [5.41, 5.74) is 2.82. The van der Waals surface area contributed by atoms with Crippen LogP contribution in [0.3, 0.4) is 0 Å². The highest BCUT2D eigenvalue weighted by molar-refractivity contribution is 6.30. The van der Waals surface area contributed by atoms with Crippen LogP contribution in [0.1, 0.15) is 21.6 Å². The molecule has 0 atom stereocenters. The zero-order chi connectivity index (χ0) is 18.5. The molecule has 0 aliphatic carbocycles. The smallest absolute Gasteiger partial charge is 0.270 e. The second-order valence-corrected chi connectivity index (χ2v) is 6.12. The molecule has 0 spiro atoms. The van der Waals surface area contributed by atoms with Crippen molar-refractivity contribution in [3.05, 3.63) is 82.5 Å². The number of amides is 1. The maximum absolute atomic E-state index is 12.9. The molecular formula is C19H16ClFN4O. The van der Waals surface area contributed by atoms with Gasteiger partial charge in [0, 0.05) is 23.3 Å². The number of carbonyl (C=O) groups is 1. The second kappa shape index (κ2) is 7.93. The second-order valence-electron chi connectivity index (χ2n) is 5.68. The summed E-state index contributed by atoms with van der Waals surface area (Å²) >= 11 is 5.95. The molecule has 1 heterocycles.